The number of aryl methyl sites for hydroxylation is 1. The van der Waals surface area contributed by atoms with Gasteiger partial charge in [0.25, 0.3) is 5.56 Å². The van der Waals surface area contributed by atoms with Gasteiger partial charge in [0.05, 0.1) is 18.2 Å². The molecule has 0 aliphatic carbocycles. The van der Waals surface area contributed by atoms with Crippen molar-refractivity contribution in [2.75, 3.05) is 19.7 Å². The van der Waals surface area contributed by atoms with Crippen LogP contribution in [0.5, 0.6) is 0 Å². The molecule has 2 aromatic carbocycles. The van der Waals surface area contributed by atoms with Crippen molar-refractivity contribution in [3.63, 3.8) is 0 Å². The number of H-pyrrole nitrogens is 1. The van der Waals surface area contributed by atoms with Crippen molar-refractivity contribution in [2.45, 2.75) is 57.7 Å². The van der Waals surface area contributed by atoms with Gasteiger partial charge in [-0.1, -0.05) is 48.5 Å². The molecule has 192 valence electrons. The van der Waals surface area contributed by atoms with Crippen molar-refractivity contribution in [3.05, 3.63) is 87.5 Å². The number of tetrazole rings is 1. The maximum atomic E-state index is 13.5. The summed E-state index contributed by atoms with van der Waals surface area (Å²) in [7, 11) is 0. The fourth-order valence-electron chi connectivity index (χ4n) is 5.98. The number of ether oxygens (including phenoxy) is 1. The average Bonchev–Trinajstić information content (AvgIpc) is 3.60. The number of pyridine rings is 1. The molecule has 37 heavy (non-hydrogen) atoms. The molecule has 4 aromatic rings. The van der Waals surface area contributed by atoms with Gasteiger partial charge in [0.2, 0.25) is 0 Å². The van der Waals surface area contributed by atoms with E-state index in [1.54, 1.807) is 0 Å². The standard InChI is InChI=1S/C29H34N6O2/c1-20-7-5-10-23-18-25(29(36)30-26(20)23)27(28-31-32-33-35(28)19-24-11-6-16-37-24)34-14-12-22(13-15-34)17-21-8-3-2-4-9-21/h2-5,7-10,18,22,24,27H,6,11-17,19H2,1H3,(H,30,36)/t24-,27-/m1/s1. The van der Waals surface area contributed by atoms with Crippen LogP contribution in [-0.4, -0.2) is 55.9 Å². The van der Waals surface area contributed by atoms with Gasteiger partial charge in [-0.3, -0.25) is 9.69 Å². The molecule has 2 fully saturated rings. The number of nitrogens with zero attached hydrogens (tertiary/aromatic N) is 5. The second-order valence-corrected chi connectivity index (χ2v) is 10.5. The smallest absolute Gasteiger partial charge is 0.253 e. The number of aromatic nitrogens is 5. The summed E-state index contributed by atoms with van der Waals surface area (Å²) in [6, 6.07) is 18.6. The minimum atomic E-state index is -0.317. The minimum absolute atomic E-state index is 0.0788. The number of aromatic amines is 1. The van der Waals surface area contributed by atoms with E-state index >= 15 is 0 Å². The summed E-state index contributed by atoms with van der Waals surface area (Å²) in [6.45, 7) is 5.19. The Kier molecular flexibility index (Phi) is 6.85. The number of likely N-dealkylation sites (tertiary alicyclic amines) is 1. The van der Waals surface area contributed by atoms with Crippen LogP contribution in [0.3, 0.4) is 0 Å². The number of nitrogens with one attached hydrogen (secondary N) is 1. The van der Waals surface area contributed by atoms with Gasteiger partial charge in [-0.2, -0.15) is 0 Å². The third-order valence-corrected chi connectivity index (χ3v) is 8.00. The zero-order valence-electron chi connectivity index (χ0n) is 21.3. The summed E-state index contributed by atoms with van der Waals surface area (Å²) < 4.78 is 7.74. The van der Waals surface area contributed by atoms with Crippen molar-refractivity contribution in [2.24, 2.45) is 5.92 Å². The van der Waals surface area contributed by atoms with Gasteiger partial charge in [-0.25, -0.2) is 4.68 Å². The molecular weight excluding hydrogens is 464 g/mol. The van der Waals surface area contributed by atoms with Gasteiger partial charge in [0.15, 0.2) is 5.82 Å². The molecule has 6 rings (SSSR count). The van der Waals surface area contributed by atoms with Gasteiger partial charge in [-0.15, -0.1) is 5.10 Å². The highest BCUT2D eigenvalue weighted by Crippen LogP contribution is 2.32. The summed E-state index contributed by atoms with van der Waals surface area (Å²) >= 11 is 0. The highest BCUT2D eigenvalue weighted by molar-refractivity contribution is 5.82. The van der Waals surface area contributed by atoms with E-state index in [1.165, 1.54) is 5.56 Å². The highest BCUT2D eigenvalue weighted by Gasteiger charge is 2.34. The van der Waals surface area contributed by atoms with Crippen molar-refractivity contribution in [1.29, 1.82) is 0 Å². The zero-order valence-corrected chi connectivity index (χ0v) is 21.3. The van der Waals surface area contributed by atoms with E-state index in [2.05, 4.69) is 61.8 Å². The number of benzene rings is 2. The van der Waals surface area contributed by atoms with Gasteiger partial charge in [0.1, 0.15) is 6.04 Å². The van der Waals surface area contributed by atoms with Gasteiger partial charge in [0, 0.05) is 12.2 Å². The number of hydrogen-bond acceptors (Lipinski definition) is 6. The first-order chi connectivity index (χ1) is 18.2. The monoisotopic (exact) mass is 498 g/mol. The molecule has 2 saturated heterocycles. The Hall–Kier alpha value is -3.36. The lowest BCUT2D eigenvalue weighted by molar-refractivity contribution is 0.0892. The van der Waals surface area contributed by atoms with Crippen molar-refractivity contribution in [1.82, 2.24) is 30.1 Å². The first-order valence-electron chi connectivity index (χ1n) is 13.4. The number of rotatable bonds is 7. The Morgan fingerprint density at radius 3 is 2.70 bits per heavy atom. The predicted octanol–water partition coefficient (Wildman–Crippen LogP) is 4.05. The second-order valence-electron chi connectivity index (χ2n) is 10.5. The van der Waals surface area contributed by atoms with Gasteiger partial charge in [-0.05, 0) is 91.0 Å². The molecule has 2 atom stereocenters. The molecule has 1 N–H and O–H groups in total. The molecule has 0 spiro atoms. The molecule has 8 heteroatoms. The highest BCUT2D eigenvalue weighted by atomic mass is 16.5. The fourth-order valence-corrected chi connectivity index (χ4v) is 5.98. The van der Waals surface area contributed by atoms with Crippen LogP contribution in [0.2, 0.25) is 0 Å². The van der Waals surface area contributed by atoms with Crippen molar-refractivity contribution < 1.29 is 4.74 Å². The first kappa shape index (κ1) is 24.0. The normalized spacial score (nSPS) is 20.0. The molecule has 0 unspecified atom stereocenters. The third-order valence-electron chi connectivity index (χ3n) is 8.00. The van der Waals surface area contributed by atoms with Crippen molar-refractivity contribution >= 4 is 10.9 Å². The first-order valence-corrected chi connectivity index (χ1v) is 13.4. The van der Waals surface area contributed by atoms with E-state index in [9.17, 15) is 4.79 Å². The molecule has 4 heterocycles. The number of hydrogen-bond donors (Lipinski definition) is 1. The summed E-state index contributed by atoms with van der Waals surface area (Å²) in [4.78, 5) is 19.1. The van der Waals surface area contributed by atoms with Crippen LogP contribution in [0.4, 0.5) is 0 Å². The number of para-hydroxylation sites is 1. The Bertz CT molecular complexity index is 1400. The minimum Gasteiger partial charge on any atom is -0.376 e. The summed E-state index contributed by atoms with van der Waals surface area (Å²) in [5, 5.41) is 13.9. The van der Waals surface area contributed by atoms with Gasteiger partial charge < -0.3 is 9.72 Å². The summed E-state index contributed by atoms with van der Waals surface area (Å²) in [5.41, 5.74) is 3.95. The van der Waals surface area contributed by atoms with E-state index in [4.69, 9.17) is 4.74 Å². The molecular formula is C29H34N6O2. The second kappa shape index (κ2) is 10.6. The summed E-state index contributed by atoms with van der Waals surface area (Å²) in [6.07, 6.45) is 5.41. The lowest BCUT2D eigenvalue weighted by atomic mass is 9.89. The third kappa shape index (κ3) is 5.08. The zero-order chi connectivity index (χ0) is 25.2. The Labute approximate surface area is 216 Å². The van der Waals surface area contributed by atoms with Crippen LogP contribution in [0.1, 0.15) is 54.2 Å². The molecule has 2 aliphatic heterocycles. The fraction of sp³-hybridized carbons (Fsp3) is 0.448. The maximum absolute atomic E-state index is 13.5. The van der Waals surface area contributed by atoms with Crippen LogP contribution in [-0.2, 0) is 17.7 Å². The topological polar surface area (TPSA) is 88.9 Å². The van der Waals surface area contributed by atoms with Crippen LogP contribution in [0, 0.1) is 12.8 Å². The van der Waals surface area contributed by atoms with Gasteiger partial charge >= 0.3 is 0 Å². The Morgan fingerprint density at radius 2 is 1.92 bits per heavy atom. The molecule has 0 saturated carbocycles. The van der Waals surface area contributed by atoms with E-state index in [0.717, 1.165) is 74.1 Å². The molecule has 2 aromatic heterocycles. The van der Waals surface area contributed by atoms with Crippen LogP contribution in [0.15, 0.2) is 59.4 Å². The predicted molar refractivity (Wildman–Crippen MR) is 142 cm³/mol. The average molecular weight is 499 g/mol. The van der Waals surface area contributed by atoms with Crippen molar-refractivity contribution in [3.8, 4) is 0 Å². The largest absolute Gasteiger partial charge is 0.376 e. The maximum Gasteiger partial charge on any atom is 0.253 e. The lowest BCUT2D eigenvalue weighted by Crippen LogP contribution is -2.41. The molecule has 0 radical (unpaired) electrons. The molecule has 2 aliphatic rings. The Balaban J connectivity index is 1.33. The van der Waals surface area contributed by atoms with E-state index in [-0.39, 0.29) is 17.7 Å². The number of fused-ring (bicyclic) bond motifs is 1. The molecule has 0 bridgehead atoms. The van der Waals surface area contributed by atoms with E-state index < -0.39 is 0 Å². The lowest BCUT2D eigenvalue weighted by Gasteiger charge is -2.37. The van der Waals surface area contributed by atoms with Crippen LogP contribution < -0.4 is 5.56 Å². The van der Waals surface area contributed by atoms with E-state index in [1.807, 2.05) is 29.8 Å². The summed E-state index contributed by atoms with van der Waals surface area (Å²) in [5.74, 6) is 1.34. The number of piperidine rings is 1. The quantitative estimate of drug-likeness (QED) is 0.414. The molecule has 8 nitrogen and oxygen atoms in total. The Morgan fingerprint density at radius 1 is 1.08 bits per heavy atom. The van der Waals surface area contributed by atoms with Crippen LogP contribution >= 0.6 is 0 Å². The van der Waals surface area contributed by atoms with E-state index in [0.29, 0.717) is 18.0 Å². The molecule has 0 amide bonds. The SMILES string of the molecule is Cc1cccc2cc([C@H](c3nnnn3C[C@H]3CCCO3)N3CCC(Cc4ccccc4)CC3)c(=O)[nH]c12. The van der Waals surface area contributed by atoms with Crippen LogP contribution in [0.25, 0.3) is 10.9 Å².